The van der Waals surface area contributed by atoms with Gasteiger partial charge in [0.05, 0.1) is 12.9 Å². The Morgan fingerprint density at radius 1 is 1.57 bits per heavy atom. The van der Waals surface area contributed by atoms with E-state index in [1.807, 2.05) is 0 Å². The van der Waals surface area contributed by atoms with Crippen molar-refractivity contribution in [2.45, 2.75) is 6.92 Å². The molecule has 0 spiro atoms. The van der Waals surface area contributed by atoms with Gasteiger partial charge < -0.3 is 9.15 Å². The van der Waals surface area contributed by atoms with Gasteiger partial charge >= 0.3 is 5.97 Å². The van der Waals surface area contributed by atoms with Gasteiger partial charge in [-0.3, -0.25) is 4.79 Å². The zero-order valence-electron chi connectivity index (χ0n) is 7.73. The molecular formula is C10H10O4. The van der Waals surface area contributed by atoms with E-state index in [1.54, 1.807) is 19.1 Å². The van der Waals surface area contributed by atoms with Gasteiger partial charge in [-0.05, 0) is 31.2 Å². The molecule has 0 bridgehead atoms. The summed E-state index contributed by atoms with van der Waals surface area (Å²) in [5.74, 6) is -1.03. The predicted molar refractivity (Wildman–Crippen MR) is 49.4 cm³/mol. The summed E-state index contributed by atoms with van der Waals surface area (Å²) in [6.45, 7) is 1.83. The Balaban J connectivity index is 2.52. The third kappa shape index (κ3) is 2.90. The smallest absolute Gasteiger partial charge is 0.379 e. The summed E-state index contributed by atoms with van der Waals surface area (Å²) in [6, 6.07) is 3.36. The molecule has 0 saturated heterocycles. The van der Waals surface area contributed by atoms with Crippen LogP contribution in [0.5, 0.6) is 0 Å². The topological polar surface area (TPSA) is 56.5 Å². The Bertz CT molecular complexity index is 335. The summed E-state index contributed by atoms with van der Waals surface area (Å²) < 4.78 is 9.44. The van der Waals surface area contributed by atoms with Gasteiger partial charge in [0.2, 0.25) is 0 Å². The number of esters is 1. The van der Waals surface area contributed by atoms with Crippen LogP contribution in [-0.4, -0.2) is 18.4 Å². The van der Waals surface area contributed by atoms with Crippen LogP contribution in [0.25, 0.3) is 6.08 Å². The van der Waals surface area contributed by atoms with Crippen LogP contribution in [0.1, 0.15) is 12.7 Å². The van der Waals surface area contributed by atoms with Crippen molar-refractivity contribution in [3.63, 3.8) is 0 Å². The number of carbonyl (C=O) groups is 2. The second kappa shape index (κ2) is 5.01. The molecule has 1 aromatic heterocycles. The summed E-state index contributed by atoms with van der Waals surface area (Å²) in [4.78, 5) is 21.9. The monoisotopic (exact) mass is 194 g/mol. The minimum Gasteiger partial charge on any atom is -0.465 e. The van der Waals surface area contributed by atoms with E-state index in [2.05, 4.69) is 4.74 Å². The molecule has 0 amide bonds. The average Bonchev–Trinajstić information content (AvgIpc) is 2.67. The minimum atomic E-state index is -0.852. The van der Waals surface area contributed by atoms with Crippen LogP contribution in [0, 0.1) is 0 Å². The molecule has 14 heavy (non-hydrogen) atoms. The Kier molecular flexibility index (Phi) is 3.67. The van der Waals surface area contributed by atoms with Crippen molar-refractivity contribution >= 4 is 17.8 Å². The van der Waals surface area contributed by atoms with E-state index in [4.69, 9.17) is 4.42 Å². The highest BCUT2D eigenvalue weighted by atomic mass is 16.5. The Morgan fingerprint density at radius 2 is 2.36 bits per heavy atom. The number of hydrogen-bond acceptors (Lipinski definition) is 4. The molecule has 0 atom stereocenters. The summed E-state index contributed by atoms with van der Waals surface area (Å²) in [5, 5.41) is 0. The van der Waals surface area contributed by atoms with E-state index in [0.717, 1.165) is 6.08 Å². The van der Waals surface area contributed by atoms with Gasteiger partial charge in [-0.1, -0.05) is 0 Å². The molecule has 0 radical (unpaired) electrons. The SMILES string of the molecule is CCOC(=O)C(=O)/C=C/c1ccco1. The maximum atomic E-state index is 11.0. The molecule has 0 saturated carbocycles. The van der Waals surface area contributed by atoms with Crippen LogP contribution in [0.2, 0.25) is 0 Å². The molecule has 1 rings (SSSR count). The third-order valence-electron chi connectivity index (χ3n) is 1.42. The summed E-state index contributed by atoms with van der Waals surface area (Å²) in [7, 11) is 0. The van der Waals surface area contributed by atoms with Crippen molar-refractivity contribution in [3.8, 4) is 0 Å². The lowest BCUT2D eigenvalue weighted by molar-refractivity contribution is -0.151. The van der Waals surface area contributed by atoms with Crippen molar-refractivity contribution < 1.29 is 18.7 Å². The van der Waals surface area contributed by atoms with Crippen molar-refractivity contribution in [3.05, 3.63) is 30.2 Å². The summed E-state index contributed by atoms with van der Waals surface area (Å²) in [5.41, 5.74) is 0. The zero-order valence-corrected chi connectivity index (χ0v) is 7.73. The molecule has 4 heteroatoms. The molecule has 0 aliphatic rings. The maximum Gasteiger partial charge on any atom is 0.379 e. The Hall–Kier alpha value is -1.84. The van der Waals surface area contributed by atoms with Crippen molar-refractivity contribution in [1.82, 2.24) is 0 Å². The van der Waals surface area contributed by atoms with E-state index >= 15 is 0 Å². The average molecular weight is 194 g/mol. The van der Waals surface area contributed by atoms with Crippen molar-refractivity contribution in [2.75, 3.05) is 6.61 Å². The highest BCUT2D eigenvalue weighted by molar-refractivity contribution is 6.39. The molecule has 0 N–H and O–H groups in total. The standard InChI is InChI=1S/C10H10O4/c1-2-13-10(12)9(11)6-5-8-4-3-7-14-8/h3-7H,2H2,1H3/b6-5+. The first-order valence-electron chi connectivity index (χ1n) is 4.16. The highest BCUT2D eigenvalue weighted by Gasteiger charge is 2.10. The first kappa shape index (κ1) is 10.2. The number of carbonyl (C=O) groups excluding carboxylic acids is 2. The van der Waals surface area contributed by atoms with E-state index in [9.17, 15) is 9.59 Å². The molecule has 1 aromatic rings. The molecule has 0 fully saturated rings. The Morgan fingerprint density at radius 3 is 2.93 bits per heavy atom. The van der Waals surface area contributed by atoms with Crippen molar-refractivity contribution in [1.29, 1.82) is 0 Å². The summed E-state index contributed by atoms with van der Waals surface area (Å²) >= 11 is 0. The fourth-order valence-electron chi connectivity index (χ4n) is 0.814. The van der Waals surface area contributed by atoms with Crippen LogP contribution < -0.4 is 0 Å². The zero-order chi connectivity index (χ0) is 10.4. The van der Waals surface area contributed by atoms with E-state index in [1.165, 1.54) is 12.3 Å². The first-order valence-corrected chi connectivity index (χ1v) is 4.16. The molecule has 4 nitrogen and oxygen atoms in total. The van der Waals surface area contributed by atoms with Gasteiger partial charge in [0.1, 0.15) is 5.76 Å². The second-order valence-electron chi connectivity index (χ2n) is 2.43. The van der Waals surface area contributed by atoms with Gasteiger partial charge in [0, 0.05) is 0 Å². The van der Waals surface area contributed by atoms with Gasteiger partial charge in [0.15, 0.2) is 0 Å². The lowest BCUT2D eigenvalue weighted by atomic mass is 10.3. The van der Waals surface area contributed by atoms with Gasteiger partial charge in [-0.15, -0.1) is 0 Å². The van der Waals surface area contributed by atoms with Crippen LogP contribution >= 0.6 is 0 Å². The molecule has 0 aliphatic carbocycles. The Labute approximate surface area is 81.2 Å². The molecule has 0 aliphatic heterocycles. The third-order valence-corrected chi connectivity index (χ3v) is 1.42. The van der Waals surface area contributed by atoms with Crippen molar-refractivity contribution in [2.24, 2.45) is 0 Å². The normalized spacial score (nSPS) is 10.4. The number of hydrogen-bond donors (Lipinski definition) is 0. The van der Waals surface area contributed by atoms with E-state index < -0.39 is 11.8 Å². The minimum absolute atomic E-state index is 0.194. The highest BCUT2D eigenvalue weighted by Crippen LogP contribution is 2.02. The largest absolute Gasteiger partial charge is 0.465 e. The van der Waals surface area contributed by atoms with E-state index in [-0.39, 0.29) is 6.61 Å². The summed E-state index contributed by atoms with van der Waals surface area (Å²) in [6.07, 6.45) is 4.02. The number of ketones is 1. The first-order chi connectivity index (χ1) is 6.74. The molecular weight excluding hydrogens is 184 g/mol. The predicted octanol–water partition coefficient (Wildman–Crippen LogP) is 1.43. The van der Waals surface area contributed by atoms with Gasteiger partial charge in [-0.2, -0.15) is 0 Å². The van der Waals surface area contributed by atoms with E-state index in [0.29, 0.717) is 5.76 Å². The molecule has 1 heterocycles. The maximum absolute atomic E-state index is 11.0. The quantitative estimate of drug-likeness (QED) is 0.413. The number of ether oxygens (including phenoxy) is 1. The second-order valence-corrected chi connectivity index (χ2v) is 2.43. The van der Waals surface area contributed by atoms with Crippen LogP contribution in [-0.2, 0) is 14.3 Å². The number of rotatable bonds is 4. The fourth-order valence-corrected chi connectivity index (χ4v) is 0.814. The van der Waals surface area contributed by atoms with Gasteiger partial charge in [0.25, 0.3) is 5.78 Å². The van der Waals surface area contributed by atoms with Crippen LogP contribution in [0.3, 0.4) is 0 Å². The number of furan rings is 1. The molecule has 0 unspecified atom stereocenters. The van der Waals surface area contributed by atoms with Crippen LogP contribution in [0.15, 0.2) is 28.9 Å². The van der Waals surface area contributed by atoms with Gasteiger partial charge in [-0.25, -0.2) is 4.79 Å². The lowest BCUT2D eigenvalue weighted by Crippen LogP contribution is -2.14. The molecule has 0 aromatic carbocycles. The fraction of sp³-hybridized carbons (Fsp3) is 0.200. The lowest BCUT2D eigenvalue weighted by Gasteiger charge is -1.94. The van der Waals surface area contributed by atoms with Crippen LogP contribution in [0.4, 0.5) is 0 Å². The molecule has 74 valence electrons.